The van der Waals surface area contributed by atoms with Crippen LogP contribution in [-0.4, -0.2) is 28.2 Å². The highest BCUT2D eigenvalue weighted by Crippen LogP contribution is 2.42. The van der Waals surface area contributed by atoms with E-state index in [0.717, 1.165) is 24.1 Å². The first-order valence-electron chi connectivity index (χ1n) is 6.99. The molecule has 2 N–H and O–H groups in total. The number of nitrogens with zero attached hydrogens (tertiary/aromatic N) is 3. The van der Waals surface area contributed by atoms with Crippen molar-refractivity contribution in [1.82, 2.24) is 15.0 Å². The van der Waals surface area contributed by atoms with Crippen molar-refractivity contribution in [2.24, 2.45) is 0 Å². The van der Waals surface area contributed by atoms with E-state index < -0.39 is 0 Å². The molecular formula is C14H15ClN4O2. The maximum absolute atomic E-state index is 6.26. The fourth-order valence-corrected chi connectivity index (χ4v) is 2.94. The lowest BCUT2D eigenvalue weighted by molar-refractivity contribution is 0.171. The molecule has 1 aromatic carbocycles. The molecule has 1 aromatic heterocycles. The second-order valence-electron chi connectivity index (χ2n) is 5.39. The van der Waals surface area contributed by atoms with Crippen molar-refractivity contribution in [1.29, 1.82) is 0 Å². The average Bonchev–Trinajstić information content (AvgIpc) is 3.24. The van der Waals surface area contributed by atoms with E-state index in [1.54, 1.807) is 0 Å². The number of ether oxygens (including phenoxy) is 2. The summed E-state index contributed by atoms with van der Waals surface area (Å²) in [5, 5.41) is 8.68. The van der Waals surface area contributed by atoms with Gasteiger partial charge in [0.15, 0.2) is 17.3 Å². The third-order valence-corrected chi connectivity index (χ3v) is 4.03. The Balaban J connectivity index is 1.67. The van der Waals surface area contributed by atoms with Gasteiger partial charge in [0.1, 0.15) is 13.2 Å². The second-order valence-corrected chi connectivity index (χ2v) is 5.80. The van der Waals surface area contributed by atoms with Crippen LogP contribution in [0, 0.1) is 0 Å². The topological polar surface area (TPSA) is 75.2 Å². The molecule has 7 heteroatoms. The van der Waals surface area contributed by atoms with Gasteiger partial charge in [0, 0.05) is 5.92 Å². The van der Waals surface area contributed by atoms with Crippen molar-refractivity contribution in [3.63, 3.8) is 0 Å². The summed E-state index contributed by atoms with van der Waals surface area (Å²) in [6, 6.07) is 3.82. The van der Waals surface area contributed by atoms with Crippen molar-refractivity contribution in [3.8, 4) is 11.5 Å². The normalized spacial score (nSPS) is 17.0. The van der Waals surface area contributed by atoms with Crippen LogP contribution in [0.25, 0.3) is 0 Å². The first kappa shape index (κ1) is 12.8. The van der Waals surface area contributed by atoms with Gasteiger partial charge in [-0.25, -0.2) is 4.68 Å². The van der Waals surface area contributed by atoms with Crippen molar-refractivity contribution in [2.75, 3.05) is 18.9 Å². The Morgan fingerprint density at radius 2 is 2.10 bits per heavy atom. The predicted molar refractivity (Wildman–Crippen MR) is 78.0 cm³/mol. The van der Waals surface area contributed by atoms with E-state index in [1.165, 1.54) is 0 Å². The third kappa shape index (κ3) is 2.29. The molecule has 0 saturated heterocycles. The molecule has 2 aromatic rings. The van der Waals surface area contributed by atoms with Crippen LogP contribution >= 0.6 is 11.6 Å². The molecule has 21 heavy (non-hydrogen) atoms. The molecule has 0 amide bonds. The average molecular weight is 307 g/mol. The molecule has 1 fully saturated rings. The Labute approximate surface area is 126 Å². The molecule has 1 aliphatic heterocycles. The molecular weight excluding hydrogens is 292 g/mol. The molecule has 0 unspecified atom stereocenters. The molecule has 0 bridgehead atoms. The number of nitrogens with two attached hydrogens (primary N) is 1. The summed E-state index contributed by atoms with van der Waals surface area (Å²) >= 11 is 6.26. The van der Waals surface area contributed by atoms with Gasteiger partial charge in [-0.05, 0) is 30.5 Å². The summed E-state index contributed by atoms with van der Waals surface area (Å²) in [7, 11) is 0. The van der Waals surface area contributed by atoms with Crippen molar-refractivity contribution >= 4 is 17.4 Å². The second kappa shape index (κ2) is 4.80. The summed E-state index contributed by atoms with van der Waals surface area (Å²) in [5.41, 5.74) is 7.94. The molecule has 0 spiro atoms. The molecule has 1 aliphatic carbocycles. The summed E-state index contributed by atoms with van der Waals surface area (Å²) in [5.74, 6) is 2.32. The number of rotatable bonds is 3. The fourth-order valence-electron chi connectivity index (χ4n) is 2.66. The minimum atomic E-state index is 0.493. The number of anilines is 1. The molecule has 2 heterocycles. The zero-order chi connectivity index (χ0) is 14.4. The molecule has 2 aliphatic rings. The molecule has 110 valence electrons. The molecule has 6 nitrogen and oxygen atoms in total. The van der Waals surface area contributed by atoms with Crippen LogP contribution in [0.4, 0.5) is 5.82 Å². The third-order valence-electron chi connectivity index (χ3n) is 3.75. The number of halogens is 1. The highest BCUT2D eigenvalue weighted by atomic mass is 35.5. The fraction of sp³-hybridized carbons (Fsp3) is 0.429. The van der Waals surface area contributed by atoms with Gasteiger partial charge in [0.05, 0.1) is 17.3 Å². The molecule has 0 atom stereocenters. The lowest BCUT2D eigenvalue weighted by atomic mass is 10.2. The van der Waals surface area contributed by atoms with Crippen LogP contribution in [0.2, 0.25) is 5.02 Å². The SMILES string of the molecule is Nc1nnn(Cc2cc(Cl)c3c(c2)OCCO3)c1C1CC1. The van der Waals surface area contributed by atoms with E-state index in [2.05, 4.69) is 10.3 Å². The maximum atomic E-state index is 6.26. The monoisotopic (exact) mass is 306 g/mol. The van der Waals surface area contributed by atoms with Gasteiger partial charge >= 0.3 is 0 Å². The van der Waals surface area contributed by atoms with E-state index in [9.17, 15) is 0 Å². The zero-order valence-electron chi connectivity index (χ0n) is 11.4. The minimum absolute atomic E-state index is 0.493. The predicted octanol–water partition coefficient (Wildman–Crippen LogP) is 2.21. The Morgan fingerprint density at radius 1 is 1.29 bits per heavy atom. The van der Waals surface area contributed by atoms with E-state index in [-0.39, 0.29) is 0 Å². The summed E-state index contributed by atoms with van der Waals surface area (Å²) in [6.07, 6.45) is 2.30. The number of fused-ring (bicyclic) bond motifs is 1. The lowest BCUT2D eigenvalue weighted by Crippen LogP contribution is -2.16. The van der Waals surface area contributed by atoms with Gasteiger partial charge in [-0.3, -0.25) is 0 Å². The Morgan fingerprint density at radius 3 is 2.90 bits per heavy atom. The largest absolute Gasteiger partial charge is 0.486 e. The van der Waals surface area contributed by atoms with Gasteiger partial charge < -0.3 is 15.2 Å². The Hall–Kier alpha value is -1.95. The number of nitrogen functional groups attached to an aromatic ring is 1. The van der Waals surface area contributed by atoms with Crippen LogP contribution < -0.4 is 15.2 Å². The van der Waals surface area contributed by atoms with Crippen molar-refractivity contribution in [3.05, 3.63) is 28.4 Å². The Kier molecular flexibility index (Phi) is 2.92. The van der Waals surface area contributed by atoms with Crippen LogP contribution in [0.3, 0.4) is 0 Å². The number of aromatic nitrogens is 3. The molecule has 1 saturated carbocycles. The lowest BCUT2D eigenvalue weighted by Gasteiger charge is -2.20. The number of hydrogen-bond donors (Lipinski definition) is 1. The van der Waals surface area contributed by atoms with Crippen molar-refractivity contribution < 1.29 is 9.47 Å². The van der Waals surface area contributed by atoms with E-state index in [4.69, 9.17) is 26.8 Å². The first-order chi connectivity index (χ1) is 10.2. The highest BCUT2D eigenvalue weighted by molar-refractivity contribution is 6.32. The van der Waals surface area contributed by atoms with Gasteiger partial charge in [0.2, 0.25) is 0 Å². The molecule has 4 rings (SSSR count). The zero-order valence-corrected chi connectivity index (χ0v) is 12.1. The van der Waals surface area contributed by atoms with Gasteiger partial charge in [0.25, 0.3) is 0 Å². The van der Waals surface area contributed by atoms with Crippen LogP contribution in [0.5, 0.6) is 11.5 Å². The summed E-state index contributed by atoms with van der Waals surface area (Å²) in [6.45, 7) is 1.64. The van der Waals surface area contributed by atoms with Crippen LogP contribution in [0.15, 0.2) is 12.1 Å². The number of benzene rings is 1. The summed E-state index contributed by atoms with van der Waals surface area (Å²) < 4.78 is 13.0. The maximum Gasteiger partial charge on any atom is 0.179 e. The molecule has 0 radical (unpaired) electrons. The van der Waals surface area contributed by atoms with E-state index in [0.29, 0.717) is 48.0 Å². The minimum Gasteiger partial charge on any atom is -0.486 e. The van der Waals surface area contributed by atoms with Crippen LogP contribution in [0.1, 0.15) is 30.0 Å². The standard InChI is InChI=1S/C14H15ClN4O2/c15-10-5-8(6-11-13(10)21-4-3-20-11)7-19-12(9-1-2-9)14(16)17-18-19/h5-6,9H,1-4,7,16H2. The van der Waals surface area contributed by atoms with Gasteiger partial charge in [-0.15, -0.1) is 5.10 Å². The van der Waals surface area contributed by atoms with Gasteiger partial charge in [-0.1, -0.05) is 16.8 Å². The van der Waals surface area contributed by atoms with Gasteiger partial charge in [-0.2, -0.15) is 0 Å². The smallest absolute Gasteiger partial charge is 0.179 e. The highest BCUT2D eigenvalue weighted by Gasteiger charge is 2.30. The van der Waals surface area contributed by atoms with E-state index in [1.807, 2.05) is 16.8 Å². The number of hydrogen-bond acceptors (Lipinski definition) is 5. The Bertz CT molecular complexity index is 697. The first-order valence-corrected chi connectivity index (χ1v) is 7.37. The van der Waals surface area contributed by atoms with Crippen LogP contribution in [-0.2, 0) is 6.54 Å². The quantitative estimate of drug-likeness (QED) is 0.941. The van der Waals surface area contributed by atoms with Crippen molar-refractivity contribution in [2.45, 2.75) is 25.3 Å². The summed E-state index contributed by atoms with van der Waals surface area (Å²) in [4.78, 5) is 0. The van der Waals surface area contributed by atoms with E-state index >= 15 is 0 Å².